The van der Waals surface area contributed by atoms with Gasteiger partial charge >= 0.3 is 5.69 Å². The van der Waals surface area contributed by atoms with Gasteiger partial charge in [0.25, 0.3) is 5.91 Å². The summed E-state index contributed by atoms with van der Waals surface area (Å²) in [5, 5.41) is 21.8. The zero-order valence-electron chi connectivity index (χ0n) is 11.1. The molecule has 0 radical (unpaired) electrons. The Labute approximate surface area is 118 Å². The van der Waals surface area contributed by atoms with Crippen molar-refractivity contribution >= 4 is 11.6 Å². The summed E-state index contributed by atoms with van der Waals surface area (Å²) in [7, 11) is 0. The van der Waals surface area contributed by atoms with E-state index in [-0.39, 0.29) is 18.6 Å². The number of nitrogens with zero attached hydrogens (tertiary/aromatic N) is 1. The number of amides is 1. The standard InChI is InChI=1S/C13H14F2N2O4/c14-9-6-11(17(20)21)10(15)5-8(9)12(19)16-7-13(1-2-13)3-4-18/h5-6,18H,1-4,7H2,(H,16,19). The minimum atomic E-state index is -1.26. The van der Waals surface area contributed by atoms with Crippen LogP contribution in [0.15, 0.2) is 12.1 Å². The number of carbonyl (C=O) groups excluding carboxylic acids is 1. The Balaban J connectivity index is 2.09. The summed E-state index contributed by atoms with van der Waals surface area (Å²) in [4.78, 5) is 21.2. The highest BCUT2D eigenvalue weighted by molar-refractivity contribution is 5.94. The van der Waals surface area contributed by atoms with E-state index >= 15 is 0 Å². The first-order chi connectivity index (χ1) is 9.88. The van der Waals surface area contributed by atoms with E-state index in [0.29, 0.717) is 18.6 Å². The van der Waals surface area contributed by atoms with Gasteiger partial charge in [-0.1, -0.05) is 0 Å². The summed E-state index contributed by atoms with van der Waals surface area (Å²) in [6, 6.07) is 0.916. The van der Waals surface area contributed by atoms with Gasteiger partial charge in [0.1, 0.15) is 5.82 Å². The number of rotatable bonds is 6. The average molecular weight is 300 g/mol. The van der Waals surface area contributed by atoms with Crippen LogP contribution in [-0.2, 0) is 0 Å². The Kier molecular flexibility index (Phi) is 4.17. The second-order valence-corrected chi connectivity index (χ2v) is 5.20. The average Bonchev–Trinajstić information content (AvgIpc) is 3.18. The predicted octanol–water partition coefficient (Wildman–Crippen LogP) is 1.77. The third-order valence-electron chi connectivity index (χ3n) is 3.70. The fourth-order valence-electron chi connectivity index (χ4n) is 2.14. The smallest absolute Gasteiger partial charge is 0.307 e. The molecule has 1 saturated carbocycles. The lowest BCUT2D eigenvalue weighted by Gasteiger charge is -2.14. The molecule has 1 aromatic rings. The van der Waals surface area contributed by atoms with Crippen molar-refractivity contribution in [1.29, 1.82) is 0 Å². The summed E-state index contributed by atoms with van der Waals surface area (Å²) in [6.07, 6.45) is 2.24. The minimum absolute atomic E-state index is 0.00358. The Morgan fingerprint density at radius 1 is 1.38 bits per heavy atom. The molecule has 2 rings (SSSR count). The van der Waals surface area contributed by atoms with Crippen molar-refractivity contribution in [2.75, 3.05) is 13.2 Å². The van der Waals surface area contributed by atoms with Gasteiger partial charge in [-0.3, -0.25) is 14.9 Å². The largest absolute Gasteiger partial charge is 0.396 e. The Morgan fingerprint density at radius 3 is 2.57 bits per heavy atom. The minimum Gasteiger partial charge on any atom is -0.396 e. The number of carbonyl (C=O) groups is 1. The lowest BCUT2D eigenvalue weighted by molar-refractivity contribution is -0.387. The van der Waals surface area contributed by atoms with Gasteiger partial charge in [-0.2, -0.15) is 4.39 Å². The Hall–Kier alpha value is -2.09. The van der Waals surface area contributed by atoms with E-state index < -0.39 is 33.7 Å². The molecule has 21 heavy (non-hydrogen) atoms. The van der Waals surface area contributed by atoms with Gasteiger partial charge in [-0.05, 0) is 30.7 Å². The topological polar surface area (TPSA) is 92.5 Å². The van der Waals surface area contributed by atoms with Crippen LogP contribution < -0.4 is 5.32 Å². The molecule has 1 aliphatic rings. The van der Waals surface area contributed by atoms with E-state index in [1.165, 1.54) is 0 Å². The summed E-state index contributed by atoms with van der Waals surface area (Å²) in [5.41, 5.74) is -1.75. The third kappa shape index (κ3) is 3.33. The molecular formula is C13H14F2N2O4. The molecule has 0 unspecified atom stereocenters. The maximum Gasteiger partial charge on any atom is 0.307 e. The van der Waals surface area contributed by atoms with E-state index in [4.69, 9.17) is 5.11 Å². The van der Waals surface area contributed by atoms with Crippen molar-refractivity contribution in [2.24, 2.45) is 5.41 Å². The molecule has 1 aliphatic carbocycles. The number of halogens is 2. The molecule has 0 spiro atoms. The predicted molar refractivity (Wildman–Crippen MR) is 68.7 cm³/mol. The number of nitrogens with one attached hydrogen (secondary N) is 1. The third-order valence-corrected chi connectivity index (χ3v) is 3.70. The van der Waals surface area contributed by atoms with Crippen LogP contribution in [0.3, 0.4) is 0 Å². The molecule has 0 bridgehead atoms. The number of hydrogen-bond donors (Lipinski definition) is 2. The van der Waals surface area contributed by atoms with Crippen molar-refractivity contribution in [2.45, 2.75) is 19.3 Å². The van der Waals surface area contributed by atoms with Crippen molar-refractivity contribution in [1.82, 2.24) is 5.32 Å². The SMILES string of the molecule is O=C(NCC1(CCO)CC1)c1cc(F)c([N+](=O)[O-])cc1F. The molecule has 0 atom stereocenters. The van der Waals surface area contributed by atoms with E-state index in [2.05, 4.69) is 5.32 Å². The fraction of sp³-hybridized carbons (Fsp3) is 0.462. The first kappa shape index (κ1) is 15.3. The van der Waals surface area contributed by atoms with Crippen LogP contribution in [0.1, 0.15) is 29.6 Å². The highest BCUT2D eigenvalue weighted by atomic mass is 19.1. The number of nitro benzene ring substituents is 1. The summed E-state index contributed by atoms with van der Waals surface area (Å²) < 4.78 is 27.1. The fourth-order valence-corrected chi connectivity index (χ4v) is 2.14. The normalized spacial score (nSPS) is 15.6. The van der Waals surface area contributed by atoms with Crippen LogP contribution in [0.5, 0.6) is 0 Å². The van der Waals surface area contributed by atoms with Crippen LogP contribution in [0, 0.1) is 27.2 Å². The van der Waals surface area contributed by atoms with Gasteiger partial charge in [-0.15, -0.1) is 0 Å². The number of aliphatic hydroxyl groups is 1. The molecule has 6 nitrogen and oxygen atoms in total. The van der Waals surface area contributed by atoms with Crippen LogP contribution in [0.4, 0.5) is 14.5 Å². The molecule has 1 aromatic carbocycles. The Morgan fingerprint density at radius 2 is 2.05 bits per heavy atom. The molecule has 0 heterocycles. The molecule has 2 N–H and O–H groups in total. The van der Waals surface area contributed by atoms with E-state index in [1.807, 2.05) is 0 Å². The Bertz CT molecular complexity index is 588. The highest BCUT2D eigenvalue weighted by Crippen LogP contribution is 2.47. The maximum atomic E-state index is 13.7. The zero-order valence-corrected chi connectivity index (χ0v) is 11.1. The van der Waals surface area contributed by atoms with Gasteiger partial charge in [0.05, 0.1) is 16.6 Å². The second kappa shape index (κ2) is 5.72. The number of benzene rings is 1. The monoisotopic (exact) mass is 300 g/mol. The van der Waals surface area contributed by atoms with Gasteiger partial charge in [-0.25, -0.2) is 4.39 Å². The van der Waals surface area contributed by atoms with Crippen molar-refractivity contribution in [3.05, 3.63) is 39.4 Å². The van der Waals surface area contributed by atoms with Gasteiger partial charge in [0, 0.05) is 13.2 Å². The molecule has 1 amide bonds. The van der Waals surface area contributed by atoms with Crippen LogP contribution in [0.25, 0.3) is 0 Å². The molecule has 0 aromatic heterocycles. The first-order valence-electron chi connectivity index (χ1n) is 6.41. The number of aliphatic hydroxyl groups excluding tert-OH is 1. The van der Waals surface area contributed by atoms with Gasteiger partial charge in [0.15, 0.2) is 0 Å². The van der Waals surface area contributed by atoms with Crippen LogP contribution in [-0.4, -0.2) is 29.1 Å². The van der Waals surface area contributed by atoms with Gasteiger partial charge < -0.3 is 10.4 Å². The van der Waals surface area contributed by atoms with Gasteiger partial charge in [0.2, 0.25) is 5.82 Å². The number of nitro groups is 1. The summed E-state index contributed by atoms with van der Waals surface area (Å²) in [6.45, 7) is 0.251. The summed E-state index contributed by atoms with van der Waals surface area (Å²) >= 11 is 0. The summed E-state index contributed by atoms with van der Waals surface area (Å²) in [5.74, 6) is -3.24. The van der Waals surface area contributed by atoms with Crippen molar-refractivity contribution in [3.63, 3.8) is 0 Å². The molecule has 8 heteroatoms. The van der Waals surface area contributed by atoms with E-state index in [1.54, 1.807) is 0 Å². The number of hydrogen-bond acceptors (Lipinski definition) is 4. The zero-order chi connectivity index (χ0) is 15.6. The molecule has 114 valence electrons. The van der Waals surface area contributed by atoms with Crippen LogP contribution >= 0.6 is 0 Å². The van der Waals surface area contributed by atoms with E-state index in [0.717, 1.165) is 12.8 Å². The molecular weight excluding hydrogens is 286 g/mol. The lowest BCUT2D eigenvalue weighted by Crippen LogP contribution is -2.31. The maximum absolute atomic E-state index is 13.7. The van der Waals surface area contributed by atoms with E-state index in [9.17, 15) is 23.7 Å². The molecule has 0 aliphatic heterocycles. The quantitative estimate of drug-likeness (QED) is 0.618. The first-order valence-corrected chi connectivity index (χ1v) is 6.41. The van der Waals surface area contributed by atoms with Crippen LogP contribution in [0.2, 0.25) is 0 Å². The van der Waals surface area contributed by atoms with Crippen molar-refractivity contribution < 1.29 is 23.6 Å². The lowest BCUT2D eigenvalue weighted by atomic mass is 10.0. The molecule has 1 fully saturated rings. The molecule has 0 saturated heterocycles. The highest BCUT2D eigenvalue weighted by Gasteiger charge is 2.42. The second-order valence-electron chi connectivity index (χ2n) is 5.20. The van der Waals surface area contributed by atoms with Crippen molar-refractivity contribution in [3.8, 4) is 0 Å².